The van der Waals surface area contributed by atoms with Crippen molar-refractivity contribution in [1.82, 2.24) is 0 Å². The summed E-state index contributed by atoms with van der Waals surface area (Å²) >= 11 is 1.93. The summed E-state index contributed by atoms with van der Waals surface area (Å²) in [5.74, 6) is 0.950. The lowest BCUT2D eigenvalue weighted by molar-refractivity contribution is 0.627. The molecular weight excluding hydrogens is 219 g/mol. The van der Waals surface area contributed by atoms with E-state index in [1.165, 1.54) is 18.4 Å². The van der Waals surface area contributed by atoms with Gasteiger partial charge in [0.1, 0.15) is 5.82 Å². The first-order valence-corrected chi connectivity index (χ1v) is 6.76. The van der Waals surface area contributed by atoms with Gasteiger partial charge in [0.05, 0.1) is 0 Å². The Morgan fingerprint density at radius 2 is 1.94 bits per heavy atom. The highest BCUT2D eigenvalue weighted by Crippen LogP contribution is 2.36. The van der Waals surface area contributed by atoms with Crippen molar-refractivity contribution in [1.29, 1.82) is 0 Å². The van der Waals surface area contributed by atoms with E-state index in [4.69, 9.17) is 0 Å². The van der Waals surface area contributed by atoms with Crippen LogP contribution in [0.2, 0.25) is 0 Å². The van der Waals surface area contributed by atoms with Gasteiger partial charge < -0.3 is 0 Å². The van der Waals surface area contributed by atoms with Crippen LogP contribution in [0.3, 0.4) is 0 Å². The van der Waals surface area contributed by atoms with Crippen molar-refractivity contribution in [2.75, 3.05) is 5.75 Å². The maximum Gasteiger partial charge on any atom is 0.123 e. The molecule has 1 fully saturated rings. The van der Waals surface area contributed by atoms with Gasteiger partial charge in [-0.1, -0.05) is 23.3 Å². The molecule has 1 saturated carbocycles. The lowest BCUT2D eigenvalue weighted by Crippen LogP contribution is -1.91. The number of hydrogen-bond acceptors (Lipinski definition) is 1. The molecule has 16 heavy (non-hydrogen) atoms. The van der Waals surface area contributed by atoms with Gasteiger partial charge in [-0.15, -0.1) is 11.8 Å². The summed E-state index contributed by atoms with van der Waals surface area (Å²) in [4.78, 5) is 0. The second-order valence-corrected chi connectivity index (χ2v) is 5.72. The molecule has 0 amide bonds. The van der Waals surface area contributed by atoms with Crippen molar-refractivity contribution < 1.29 is 4.39 Å². The van der Waals surface area contributed by atoms with Crippen LogP contribution in [0.15, 0.2) is 35.4 Å². The summed E-state index contributed by atoms with van der Waals surface area (Å²) in [7, 11) is 0. The van der Waals surface area contributed by atoms with E-state index in [1.807, 2.05) is 23.9 Å². The number of benzene rings is 1. The Morgan fingerprint density at radius 3 is 2.50 bits per heavy atom. The summed E-state index contributed by atoms with van der Waals surface area (Å²) < 4.78 is 12.8. The van der Waals surface area contributed by atoms with E-state index in [1.54, 1.807) is 23.3 Å². The van der Waals surface area contributed by atoms with E-state index in [-0.39, 0.29) is 5.82 Å². The fraction of sp³-hybridized carbons (Fsp3) is 0.429. The smallest absolute Gasteiger partial charge is 0.123 e. The minimum Gasteiger partial charge on any atom is -0.207 e. The number of hydrogen-bond donors (Lipinski definition) is 0. The van der Waals surface area contributed by atoms with Gasteiger partial charge >= 0.3 is 0 Å². The lowest BCUT2D eigenvalue weighted by Gasteiger charge is -2.11. The van der Waals surface area contributed by atoms with Crippen molar-refractivity contribution in [3.63, 3.8) is 0 Å². The quantitative estimate of drug-likeness (QED) is 0.681. The van der Waals surface area contributed by atoms with Crippen LogP contribution >= 0.6 is 11.8 Å². The first kappa shape index (κ1) is 11.7. The summed E-state index contributed by atoms with van der Waals surface area (Å²) in [5, 5.41) is 0.440. The average molecular weight is 236 g/mol. The Morgan fingerprint density at radius 1 is 1.31 bits per heavy atom. The predicted octanol–water partition coefficient (Wildman–Crippen LogP) is 4.73. The molecule has 1 aliphatic rings. The normalized spacial score (nSPS) is 16.1. The molecule has 86 valence electrons. The van der Waals surface area contributed by atoms with Crippen LogP contribution in [0.5, 0.6) is 0 Å². The van der Waals surface area contributed by atoms with E-state index in [9.17, 15) is 4.39 Å². The standard InChI is InChI=1S/C14H17FS/c1-10(12-3-4-12)9-16-11(2)13-5-7-14(15)8-6-13/h5-8,11H,3-4,9H2,1-2H3. The molecule has 1 aliphatic carbocycles. The molecule has 0 saturated heterocycles. The number of halogens is 1. The Hall–Kier alpha value is -0.760. The largest absolute Gasteiger partial charge is 0.207 e. The fourth-order valence-corrected chi connectivity index (χ4v) is 2.73. The molecule has 2 heteroatoms. The topological polar surface area (TPSA) is 0 Å². The van der Waals surface area contributed by atoms with E-state index >= 15 is 0 Å². The molecule has 0 aromatic heterocycles. The molecule has 0 N–H and O–H groups in total. The van der Waals surface area contributed by atoms with Crippen molar-refractivity contribution >= 4 is 11.8 Å². The molecule has 0 heterocycles. The number of allylic oxidation sites excluding steroid dienone is 1. The van der Waals surface area contributed by atoms with Crippen molar-refractivity contribution in [3.8, 4) is 0 Å². The third kappa shape index (κ3) is 3.11. The van der Waals surface area contributed by atoms with Crippen LogP contribution in [0.1, 0.15) is 37.5 Å². The van der Waals surface area contributed by atoms with E-state index in [0.717, 1.165) is 5.75 Å². The molecule has 0 aliphatic heterocycles. The Kier molecular flexibility index (Phi) is 3.70. The molecule has 1 aromatic rings. The Bertz CT molecular complexity index is 386. The average Bonchev–Trinajstić information content (AvgIpc) is 3.10. The first-order chi connectivity index (χ1) is 7.66. The Labute approximate surface area is 101 Å². The molecule has 1 unspecified atom stereocenters. The molecule has 0 nitrogen and oxygen atoms in total. The molecule has 2 rings (SSSR count). The highest BCUT2D eigenvalue weighted by atomic mass is 32.2. The first-order valence-electron chi connectivity index (χ1n) is 5.71. The SMILES string of the molecule is CC(CSC(C)c1ccc(F)cc1)=C1CC1. The lowest BCUT2D eigenvalue weighted by atomic mass is 10.2. The number of rotatable bonds is 4. The third-order valence-corrected chi connectivity index (χ3v) is 4.36. The van der Waals surface area contributed by atoms with E-state index in [2.05, 4.69) is 13.8 Å². The van der Waals surface area contributed by atoms with Crippen LogP contribution in [0.25, 0.3) is 0 Å². The van der Waals surface area contributed by atoms with Crippen molar-refractivity contribution in [3.05, 3.63) is 46.8 Å². The van der Waals surface area contributed by atoms with E-state index in [0.29, 0.717) is 5.25 Å². The van der Waals surface area contributed by atoms with Gasteiger partial charge in [-0.25, -0.2) is 4.39 Å². The van der Waals surface area contributed by atoms with Gasteiger partial charge in [0.25, 0.3) is 0 Å². The molecule has 0 bridgehead atoms. The molecular formula is C14H17FS. The van der Waals surface area contributed by atoms with Crippen molar-refractivity contribution in [2.45, 2.75) is 31.9 Å². The molecule has 1 aromatic carbocycles. The van der Waals surface area contributed by atoms with Gasteiger partial charge in [0, 0.05) is 11.0 Å². The Balaban J connectivity index is 1.90. The van der Waals surface area contributed by atoms with Gasteiger partial charge in [0.2, 0.25) is 0 Å². The number of thioether (sulfide) groups is 1. The zero-order valence-electron chi connectivity index (χ0n) is 9.79. The van der Waals surface area contributed by atoms with Crippen molar-refractivity contribution in [2.24, 2.45) is 0 Å². The van der Waals surface area contributed by atoms with Gasteiger partial charge in [0.15, 0.2) is 0 Å². The fourth-order valence-electron chi connectivity index (χ4n) is 1.67. The van der Waals surface area contributed by atoms with Crippen LogP contribution in [0.4, 0.5) is 4.39 Å². The van der Waals surface area contributed by atoms with Crippen LogP contribution in [0, 0.1) is 5.82 Å². The monoisotopic (exact) mass is 236 g/mol. The van der Waals surface area contributed by atoms with Crippen LogP contribution in [-0.2, 0) is 0 Å². The summed E-state index contributed by atoms with van der Waals surface area (Å²) in [5.41, 5.74) is 4.39. The summed E-state index contributed by atoms with van der Waals surface area (Å²) in [6.45, 7) is 4.41. The highest BCUT2D eigenvalue weighted by Gasteiger charge is 2.15. The second-order valence-electron chi connectivity index (χ2n) is 4.39. The third-order valence-electron chi connectivity index (χ3n) is 2.99. The highest BCUT2D eigenvalue weighted by molar-refractivity contribution is 7.99. The second kappa shape index (κ2) is 5.05. The van der Waals surface area contributed by atoms with Crippen LogP contribution < -0.4 is 0 Å². The van der Waals surface area contributed by atoms with Crippen LogP contribution in [-0.4, -0.2) is 5.75 Å². The maximum atomic E-state index is 12.8. The summed E-state index contributed by atoms with van der Waals surface area (Å²) in [6.07, 6.45) is 2.61. The van der Waals surface area contributed by atoms with Gasteiger partial charge in [-0.2, -0.15) is 0 Å². The molecule has 0 radical (unpaired) electrons. The van der Waals surface area contributed by atoms with E-state index < -0.39 is 0 Å². The summed E-state index contributed by atoms with van der Waals surface area (Å²) in [6, 6.07) is 6.84. The molecule has 1 atom stereocenters. The zero-order valence-corrected chi connectivity index (χ0v) is 10.6. The molecule has 0 spiro atoms. The predicted molar refractivity (Wildman–Crippen MR) is 69.2 cm³/mol. The minimum atomic E-state index is -0.155. The minimum absolute atomic E-state index is 0.155. The van der Waals surface area contributed by atoms with Gasteiger partial charge in [-0.05, 0) is 44.4 Å². The van der Waals surface area contributed by atoms with Gasteiger partial charge in [-0.3, -0.25) is 0 Å². The zero-order chi connectivity index (χ0) is 11.5. The maximum absolute atomic E-state index is 12.8.